The predicted molar refractivity (Wildman–Crippen MR) is 34.9 cm³/mol. The Morgan fingerprint density at radius 1 is 1.42 bits per heavy atom. The first-order chi connectivity index (χ1) is 5.13. The highest BCUT2D eigenvalue weighted by Gasteiger charge is 2.29. The predicted octanol–water partition coefficient (Wildman–Crippen LogP) is 0.673. The quantitative estimate of drug-likeness (QED) is 0.692. The van der Waals surface area contributed by atoms with Crippen molar-refractivity contribution in [2.45, 2.75) is 12.6 Å². The average molecular weight is 207 g/mol. The van der Waals surface area contributed by atoms with Crippen LogP contribution >= 0.6 is 0 Å². The van der Waals surface area contributed by atoms with Gasteiger partial charge in [0, 0.05) is 13.6 Å². The van der Waals surface area contributed by atoms with Gasteiger partial charge in [-0.2, -0.15) is 25.9 Å². The molecular weight excluding hydrogens is 199 g/mol. The van der Waals surface area contributed by atoms with Gasteiger partial charge in [0.05, 0.1) is 6.42 Å². The van der Waals surface area contributed by atoms with Crippen molar-refractivity contribution >= 4 is 10.3 Å². The van der Waals surface area contributed by atoms with Crippen LogP contribution in [0, 0.1) is 0 Å². The van der Waals surface area contributed by atoms with Gasteiger partial charge in [0.15, 0.2) is 0 Å². The molecule has 0 aromatic heterocycles. The normalized spacial score (nSPS) is 13.8. The number of hydrogen-bond acceptors (Lipinski definition) is 2. The summed E-state index contributed by atoms with van der Waals surface area (Å²) in [6, 6.07) is 0. The van der Waals surface area contributed by atoms with Gasteiger partial charge in [-0.3, -0.25) is 4.55 Å². The Kier molecular flexibility index (Phi) is 3.48. The molecule has 0 aromatic carbocycles. The molecule has 0 spiro atoms. The molecule has 74 valence electrons. The second kappa shape index (κ2) is 3.58. The molecule has 0 atom stereocenters. The van der Waals surface area contributed by atoms with Gasteiger partial charge in [-0.15, -0.1) is 0 Å². The number of alkyl halides is 3. The lowest BCUT2D eigenvalue weighted by Gasteiger charge is -2.13. The lowest BCUT2D eigenvalue weighted by Crippen LogP contribution is -2.29. The summed E-state index contributed by atoms with van der Waals surface area (Å²) < 4.78 is 63.3. The summed E-state index contributed by atoms with van der Waals surface area (Å²) in [6.45, 7) is -0.775. The molecule has 12 heavy (non-hydrogen) atoms. The number of nitrogens with zero attached hydrogens (tertiary/aromatic N) is 1. The summed E-state index contributed by atoms with van der Waals surface area (Å²) >= 11 is 0. The minimum absolute atomic E-state index is 0.223. The highest BCUT2D eigenvalue weighted by molar-refractivity contribution is 7.83. The molecule has 1 N–H and O–H groups in total. The van der Waals surface area contributed by atoms with Crippen molar-refractivity contribution in [3.05, 3.63) is 0 Å². The van der Waals surface area contributed by atoms with Gasteiger partial charge >= 0.3 is 16.5 Å². The van der Waals surface area contributed by atoms with Gasteiger partial charge in [-0.1, -0.05) is 0 Å². The van der Waals surface area contributed by atoms with Gasteiger partial charge in [0.1, 0.15) is 0 Å². The average Bonchev–Trinajstić information content (AvgIpc) is 1.78. The van der Waals surface area contributed by atoms with Gasteiger partial charge in [-0.05, 0) is 0 Å². The third-order valence-corrected chi connectivity index (χ3v) is 2.07. The first-order valence-electron chi connectivity index (χ1n) is 2.88. The standard InChI is InChI=1S/C4H8F3NO3S/c1-8(12(9,10)11)3-2-4(5,6)7/h2-3H2,1H3,(H,9,10,11). The van der Waals surface area contributed by atoms with Crippen LogP contribution in [0.3, 0.4) is 0 Å². The summed E-state index contributed by atoms with van der Waals surface area (Å²) in [5.74, 6) is 0. The van der Waals surface area contributed by atoms with E-state index < -0.39 is 29.4 Å². The third kappa shape index (κ3) is 5.33. The molecule has 0 radical (unpaired) electrons. The maximum absolute atomic E-state index is 11.5. The van der Waals surface area contributed by atoms with E-state index in [1.54, 1.807) is 0 Å². The molecule has 0 rings (SSSR count). The molecule has 0 fully saturated rings. The second-order valence-electron chi connectivity index (χ2n) is 2.16. The molecule has 4 nitrogen and oxygen atoms in total. The van der Waals surface area contributed by atoms with Crippen LogP contribution in [-0.4, -0.2) is 37.0 Å². The second-order valence-corrected chi connectivity index (χ2v) is 3.68. The van der Waals surface area contributed by atoms with E-state index in [2.05, 4.69) is 0 Å². The van der Waals surface area contributed by atoms with Gasteiger partial charge < -0.3 is 0 Å². The zero-order valence-electron chi connectivity index (χ0n) is 6.17. The Labute approximate surface area is 67.9 Å². The zero-order chi connectivity index (χ0) is 9.99. The molecule has 0 unspecified atom stereocenters. The fraction of sp³-hybridized carbons (Fsp3) is 1.00. The van der Waals surface area contributed by atoms with E-state index in [0.717, 1.165) is 7.05 Å². The van der Waals surface area contributed by atoms with Crippen molar-refractivity contribution in [3.63, 3.8) is 0 Å². The molecule has 8 heteroatoms. The molecule has 0 bridgehead atoms. The molecule has 0 aromatic rings. The Hall–Kier alpha value is -0.340. The lowest BCUT2D eigenvalue weighted by molar-refractivity contribution is -0.135. The summed E-state index contributed by atoms with van der Waals surface area (Å²) in [5.41, 5.74) is 0. The van der Waals surface area contributed by atoms with Crippen molar-refractivity contribution in [1.29, 1.82) is 0 Å². The van der Waals surface area contributed by atoms with Crippen molar-refractivity contribution in [2.75, 3.05) is 13.6 Å². The summed E-state index contributed by atoms with van der Waals surface area (Å²) in [6.07, 6.45) is -5.69. The van der Waals surface area contributed by atoms with Crippen LogP contribution in [0.2, 0.25) is 0 Å². The first-order valence-corrected chi connectivity index (χ1v) is 4.28. The monoisotopic (exact) mass is 207 g/mol. The molecule has 0 amide bonds. The fourth-order valence-corrected chi connectivity index (χ4v) is 0.722. The Morgan fingerprint density at radius 3 is 2.08 bits per heavy atom. The summed E-state index contributed by atoms with van der Waals surface area (Å²) in [5, 5.41) is 0. The van der Waals surface area contributed by atoms with E-state index in [-0.39, 0.29) is 4.31 Å². The van der Waals surface area contributed by atoms with Crippen LogP contribution in [0.4, 0.5) is 13.2 Å². The first kappa shape index (κ1) is 11.7. The Bertz CT molecular complexity index is 234. The molecule has 0 aliphatic carbocycles. The van der Waals surface area contributed by atoms with E-state index in [0.29, 0.717) is 0 Å². The van der Waals surface area contributed by atoms with E-state index >= 15 is 0 Å². The third-order valence-electron chi connectivity index (χ3n) is 1.10. The van der Waals surface area contributed by atoms with E-state index in [9.17, 15) is 21.6 Å². The molecule has 0 saturated heterocycles. The van der Waals surface area contributed by atoms with Crippen LogP contribution in [0.1, 0.15) is 6.42 Å². The minimum atomic E-state index is -4.49. The van der Waals surface area contributed by atoms with Crippen LogP contribution in [-0.2, 0) is 10.3 Å². The van der Waals surface area contributed by atoms with E-state index in [1.807, 2.05) is 0 Å². The SMILES string of the molecule is CN(CCC(F)(F)F)S(=O)(=O)O. The van der Waals surface area contributed by atoms with Crippen LogP contribution in [0.5, 0.6) is 0 Å². The Balaban J connectivity index is 3.98. The van der Waals surface area contributed by atoms with Crippen molar-refractivity contribution in [1.82, 2.24) is 4.31 Å². The van der Waals surface area contributed by atoms with Crippen molar-refractivity contribution in [3.8, 4) is 0 Å². The summed E-state index contributed by atoms with van der Waals surface area (Å²) in [7, 11) is -3.63. The fourth-order valence-electron chi connectivity index (χ4n) is 0.400. The van der Waals surface area contributed by atoms with Gasteiger partial charge in [0.25, 0.3) is 0 Å². The highest BCUT2D eigenvalue weighted by atomic mass is 32.2. The van der Waals surface area contributed by atoms with E-state index in [4.69, 9.17) is 4.55 Å². The highest BCUT2D eigenvalue weighted by Crippen LogP contribution is 2.19. The molecular formula is C4H8F3NO3S. The number of halogens is 3. The zero-order valence-corrected chi connectivity index (χ0v) is 6.98. The van der Waals surface area contributed by atoms with Crippen LogP contribution in [0.15, 0.2) is 0 Å². The Morgan fingerprint density at radius 2 is 1.83 bits per heavy atom. The number of hydrogen-bond donors (Lipinski definition) is 1. The molecule has 0 saturated carbocycles. The van der Waals surface area contributed by atoms with Crippen LogP contribution < -0.4 is 0 Å². The maximum Gasteiger partial charge on any atom is 0.390 e. The molecule has 0 aliphatic rings. The smallest absolute Gasteiger partial charge is 0.273 e. The summed E-state index contributed by atoms with van der Waals surface area (Å²) in [4.78, 5) is 0. The lowest BCUT2D eigenvalue weighted by atomic mass is 10.4. The van der Waals surface area contributed by atoms with Crippen LogP contribution in [0.25, 0.3) is 0 Å². The van der Waals surface area contributed by atoms with E-state index in [1.165, 1.54) is 0 Å². The molecule has 0 heterocycles. The number of rotatable bonds is 3. The van der Waals surface area contributed by atoms with Gasteiger partial charge in [-0.25, -0.2) is 0 Å². The van der Waals surface area contributed by atoms with Crippen molar-refractivity contribution in [2.24, 2.45) is 0 Å². The van der Waals surface area contributed by atoms with Crippen molar-refractivity contribution < 1.29 is 26.1 Å². The largest absolute Gasteiger partial charge is 0.390 e. The minimum Gasteiger partial charge on any atom is -0.273 e. The molecule has 0 aliphatic heterocycles. The van der Waals surface area contributed by atoms with Gasteiger partial charge in [0.2, 0.25) is 0 Å². The maximum atomic E-state index is 11.5. The topological polar surface area (TPSA) is 57.6 Å².